The number of anilines is 4. The predicted octanol–water partition coefficient (Wildman–Crippen LogP) is 3.55. The molecule has 2 heterocycles. The number of nitrogens with two attached hydrogens (primary N) is 1. The summed E-state index contributed by atoms with van der Waals surface area (Å²) in [5.41, 5.74) is 8.45. The molecule has 0 bridgehead atoms. The van der Waals surface area contributed by atoms with Gasteiger partial charge in [0.1, 0.15) is 16.4 Å². The third-order valence-corrected chi connectivity index (χ3v) is 6.26. The first kappa shape index (κ1) is 20.2. The number of thiazole rings is 1. The predicted molar refractivity (Wildman–Crippen MR) is 122 cm³/mol. The van der Waals surface area contributed by atoms with Gasteiger partial charge in [0.2, 0.25) is 5.78 Å². The molecule has 2 aromatic carbocycles. The van der Waals surface area contributed by atoms with Crippen LogP contribution in [0.2, 0.25) is 0 Å². The Bertz CT molecular complexity index is 1030. The van der Waals surface area contributed by atoms with Crippen LogP contribution in [0, 0.1) is 0 Å². The van der Waals surface area contributed by atoms with Crippen LogP contribution in [0.4, 0.5) is 22.3 Å². The molecule has 0 aliphatic carbocycles. The summed E-state index contributed by atoms with van der Waals surface area (Å²) < 4.78 is 0. The van der Waals surface area contributed by atoms with Gasteiger partial charge >= 0.3 is 0 Å². The van der Waals surface area contributed by atoms with Gasteiger partial charge in [-0.15, -0.1) is 0 Å². The van der Waals surface area contributed by atoms with E-state index >= 15 is 0 Å². The van der Waals surface area contributed by atoms with E-state index in [9.17, 15) is 9.90 Å². The number of aromatic hydroxyl groups is 1. The zero-order valence-electron chi connectivity index (χ0n) is 16.8. The fourth-order valence-corrected chi connectivity index (χ4v) is 4.39. The van der Waals surface area contributed by atoms with E-state index in [1.165, 1.54) is 29.2 Å². The Morgan fingerprint density at radius 1 is 1.17 bits per heavy atom. The standard InChI is InChI=1S/C22H25N5O2S/c1-2-26-10-12-27(13-11-26)17-8-6-16(7-9-17)24-22-25-21(23)20(30-22)19(29)15-4-3-5-18(28)14-15/h3-9,14,28H,2,10-13,23H2,1H3,(H,24,25). The molecule has 30 heavy (non-hydrogen) atoms. The molecule has 0 spiro atoms. The molecular weight excluding hydrogens is 398 g/mol. The Morgan fingerprint density at radius 3 is 2.57 bits per heavy atom. The number of hydrogen-bond acceptors (Lipinski definition) is 8. The molecule has 1 aliphatic heterocycles. The summed E-state index contributed by atoms with van der Waals surface area (Å²) in [6, 6.07) is 14.4. The Labute approximate surface area is 179 Å². The van der Waals surface area contributed by atoms with E-state index < -0.39 is 0 Å². The highest BCUT2D eigenvalue weighted by Gasteiger charge is 2.19. The number of rotatable bonds is 6. The van der Waals surface area contributed by atoms with E-state index in [-0.39, 0.29) is 17.4 Å². The normalized spacial score (nSPS) is 14.6. The summed E-state index contributed by atoms with van der Waals surface area (Å²) in [6.45, 7) is 7.54. The quantitative estimate of drug-likeness (QED) is 0.522. The largest absolute Gasteiger partial charge is 0.508 e. The molecule has 3 aromatic rings. The number of nitrogens with one attached hydrogen (secondary N) is 1. The number of carbonyl (C=O) groups excluding carboxylic acids is 1. The Kier molecular flexibility index (Phi) is 5.87. The van der Waals surface area contributed by atoms with Crippen molar-refractivity contribution < 1.29 is 9.90 Å². The minimum Gasteiger partial charge on any atom is -0.508 e. The van der Waals surface area contributed by atoms with Gasteiger partial charge < -0.3 is 26.0 Å². The Balaban J connectivity index is 1.44. The van der Waals surface area contributed by atoms with Crippen LogP contribution >= 0.6 is 11.3 Å². The average molecular weight is 424 g/mol. The van der Waals surface area contributed by atoms with Crippen molar-refractivity contribution in [2.24, 2.45) is 0 Å². The van der Waals surface area contributed by atoms with E-state index in [4.69, 9.17) is 5.73 Å². The van der Waals surface area contributed by atoms with Gasteiger partial charge in [-0.3, -0.25) is 4.79 Å². The third-order valence-electron chi connectivity index (χ3n) is 5.27. The Morgan fingerprint density at radius 2 is 1.90 bits per heavy atom. The first-order valence-corrected chi connectivity index (χ1v) is 10.8. The monoisotopic (exact) mass is 423 g/mol. The van der Waals surface area contributed by atoms with Gasteiger partial charge in [-0.25, -0.2) is 4.98 Å². The number of nitrogen functional groups attached to an aromatic ring is 1. The summed E-state index contributed by atoms with van der Waals surface area (Å²) in [4.78, 5) is 22.2. The van der Waals surface area contributed by atoms with E-state index in [0.29, 0.717) is 15.6 Å². The average Bonchev–Trinajstić information content (AvgIpc) is 3.13. The molecule has 7 nitrogen and oxygen atoms in total. The molecule has 0 saturated carbocycles. The lowest BCUT2D eigenvalue weighted by atomic mass is 10.1. The van der Waals surface area contributed by atoms with Crippen molar-refractivity contribution in [3.8, 4) is 5.75 Å². The van der Waals surface area contributed by atoms with Crippen molar-refractivity contribution in [3.63, 3.8) is 0 Å². The first-order chi connectivity index (χ1) is 14.5. The molecule has 1 saturated heterocycles. The highest BCUT2D eigenvalue weighted by Crippen LogP contribution is 2.31. The van der Waals surface area contributed by atoms with E-state index in [1.54, 1.807) is 12.1 Å². The summed E-state index contributed by atoms with van der Waals surface area (Å²) in [5.74, 6) is -0.0322. The molecule has 4 N–H and O–H groups in total. The lowest BCUT2D eigenvalue weighted by molar-refractivity contribution is 0.104. The zero-order valence-corrected chi connectivity index (χ0v) is 17.7. The second-order valence-electron chi connectivity index (χ2n) is 7.21. The van der Waals surface area contributed by atoms with Gasteiger partial charge in [-0.2, -0.15) is 0 Å². The van der Waals surface area contributed by atoms with Crippen LogP contribution in [0.5, 0.6) is 5.75 Å². The number of ketones is 1. The fourth-order valence-electron chi connectivity index (χ4n) is 3.53. The molecule has 156 valence electrons. The van der Waals surface area contributed by atoms with Crippen molar-refractivity contribution in [3.05, 3.63) is 59.0 Å². The number of carbonyl (C=O) groups is 1. The lowest BCUT2D eigenvalue weighted by Crippen LogP contribution is -2.46. The molecule has 1 aliphatic rings. The fraction of sp³-hybridized carbons (Fsp3) is 0.273. The van der Waals surface area contributed by atoms with Gasteiger partial charge in [-0.05, 0) is 42.9 Å². The van der Waals surface area contributed by atoms with Crippen LogP contribution in [0.15, 0.2) is 48.5 Å². The molecule has 8 heteroatoms. The summed E-state index contributed by atoms with van der Waals surface area (Å²) in [7, 11) is 0. The third kappa shape index (κ3) is 4.39. The zero-order chi connectivity index (χ0) is 21.1. The van der Waals surface area contributed by atoms with Crippen molar-refractivity contribution in [2.45, 2.75) is 6.92 Å². The van der Waals surface area contributed by atoms with E-state index in [1.807, 2.05) is 12.1 Å². The van der Waals surface area contributed by atoms with E-state index in [0.717, 1.165) is 38.4 Å². The number of phenols is 1. The molecule has 1 fully saturated rings. The van der Waals surface area contributed by atoms with Gasteiger partial charge in [0.05, 0.1) is 0 Å². The maximum absolute atomic E-state index is 12.7. The van der Waals surface area contributed by atoms with Gasteiger partial charge in [0.25, 0.3) is 0 Å². The van der Waals surface area contributed by atoms with Crippen LogP contribution < -0.4 is 16.0 Å². The smallest absolute Gasteiger partial charge is 0.206 e. The van der Waals surface area contributed by atoms with Crippen molar-refractivity contribution in [2.75, 3.05) is 48.7 Å². The topological polar surface area (TPSA) is 94.7 Å². The first-order valence-electron chi connectivity index (χ1n) is 9.98. The lowest BCUT2D eigenvalue weighted by Gasteiger charge is -2.35. The molecule has 0 amide bonds. The molecule has 1 aromatic heterocycles. The maximum atomic E-state index is 12.7. The van der Waals surface area contributed by atoms with Crippen molar-refractivity contribution in [1.29, 1.82) is 0 Å². The summed E-state index contributed by atoms with van der Waals surface area (Å²) in [5, 5.41) is 13.4. The van der Waals surface area contributed by atoms with Crippen molar-refractivity contribution >= 4 is 39.4 Å². The second-order valence-corrected chi connectivity index (χ2v) is 8.21. The maximum Gasteiger partial charge on any atom is 0.206 e. The van der Waals surface area contributed by atoms with Crippen LogP contribution in [0.3, 0.4) is 0 Å². The highest BCUT2D eigenvalue weighted by molar-refractivity contribution is 7.18. The number of phenolic OH excluding ortho intramolecular Hbond substituents is 1. The van der Waals surface area contributed by atoms with Gasteiger partial charge in [0, 0.05) is 43.1 Å². The molecule has 0 radical (unpaired) electrons. The second kappa shape index (κ2) is 8.73. The van der Waals surface area contributed by atoms with Crippen LogP contribution in [0.1, 0.15) is 22.2 Å². The SMILES string of the molecule is CCN1CCN(c2ccc(Nc3nc(N)c(C(=O)c4cccc(O)c4)s3)cc2)CC1. The number of aromatic nitrogens is 1. The summed E-state index contributed by atoms with van der Waals surface area (Å²) >= 11 is 1.20. The number of piperazine rings is 1. The molecular formula is C22H25N5O2S. The van der Waals surface area contributed by atoms with Gasteiger partial charge in [0.15, 0.2) is 5.13 Å². The number of hydrogen-bond donors (Lipinski definition) is 3. The number of nitrogens with zero attached hydrogens (tertiary/aromatic N) is 3. The molecule has 4 rings (SSSR count). The van der Waals surface area contributed by atoms with Crippen LogP contribution in [-0.2, 0) is 0 Å². The number of likely N-dealkylation sites (N-methyl/N-ethyl adjacent to an activating group) is 1. The minimum atomic E-state index is -0.254. The molecule has 0 unspecified atom stereocenters. The highest BCUT2D eigenvalue weighted by atomic mass is 32.1. The molecule has 0 atom stereocenters. The van der Waals surface area contributed by atoms with E-state index in [2.05, 4.69) is 39.2 Å². The van der Waals surface area contributed by atoms with Crippen molar-refractivity contribution in [1.82, 2.24) is 9.88 Å². The van der Waals surface area contributed by atoms with Gasteiger partial charge in [-0.1, -0.05) is 30.4 Å². The van der Waals surface area contributed by atoms with Crippen LogP contribution in [-0.4, -0.2) is 53.5 Å². The summed E-state index contributed by atoms with van der Waals surface area (Å²) in [6.07, 6.45) is 0. The minimum absolute atomic E-state index is 0.0403. The number of benzene rings is 2. The Hall–Kier alpha value is -3.10. The van der Waals surface area contributed by atoms with Crippen LogP contribution in [0.25, 0.3) is 0 Å².